The topological polar surface area (TPSA) is 17.8 Å². The number of nitrogens with zero attached hydrogens (tertiary/aromatic N) is 2. The molecule has 1 aromatic heterocycles. The third-order valence-electron chi connectivity index (χ3n) is 2.58. The Balaban J connectivity index is 2.04. The van der Waals surface area contributed by atoms with Gasteiger partial charge in [-0.2, -0.15) is 5.10 Å². The van der Waals surface area contributed by atoms with Gasteiger partial charge < -0.3 is 0 Å². The lowest BCUT2D eigenvalue weighted by molar-refractivity contribution is 0.686. The van der Waals surface area contributed by atoms with Crippen molar-refractivity contribution in [2.45, 2.75) is 19.4 Å². The number of alkyl halides is 1. The smallest absolute Gasteiger partial charge is 0.0673 e. The molecule has 1 aromatic carbocycles. The van der Waals surface area contributed by atoms with Crippen molar-refractivity contribution in [1.29, 1.82) is 0 Å². The van der Waals surface area contributed by atoms with Crippen LogP contribution in [0.25, 0.3) is 0 Å². The summed E-state index contributed by atoms with van der Waals surface area (Å²) in [4.78, 5) is 0. The Morgan fingerprint density at radius 2 is 2.12 bits per heavy atom. The second kappa shape index (κ2) is 6.22. The molecule has 0 aliphatic carbocycles. The molecule has 0 saturated carbocycles. The van der Waals surface area contributed by atoms with E-state index in [9.17, 15) is 0 Å². The molecule has 0 radical (unpaired) electrons. The minimum atomic E-state index is 0.730. The van der Waals surface area contributed by atoms with Gasteiger partial charge >= 0.3 is 0 Å². The standard InChI is InChI=1S/C13H14BrClN2/c14-7-3-4-11-8-16-17(9-11)10-12-5-1-2-6-13(12)15/h1-2,5-6,8-9H,3-4,7,10H2. The van der Waals surface area contributed by atoms with E-state index in [1.54, 1.807) is 0 Å². The molecule has 90 valence electrons. The van der Waals surface area contributed by atoms with E-state index in [0.717, 1.165) is 35.3 Å². The van der Waals surface area contributed by atoms with E-state index >= 15 is 0 Å². The average Bonchev–Trinajstić information content (AvgIpc) is 2.77. The summed E-state index contributed by atoms with van der Waals surface area (Å²) in [5, 5.41) is 6.17. The summed E-state index contributed by atoms with van der Waals surface area (Å²) in [6.07, 6.45) is 6.22. The molecule has 0 atom stereocenters. The second-order valence-corrected chi connectivity index (χ2v) is 5.13. The zero-order valence-corrected chi connectivity index (χ0v) is 11.8. The van der Waals surface area contributed by atoms with Crippen molar-refractivity contribution in [2.24, 2.45) is 0 Å². The Labute approximate surface area is 115 Å². The zero-order chi connectivity index (χ0) is 12.1. The normalized spacial score (nSPS) is 10.7. The molecule has 1 heterocycles. The predicted octanol–water partition coefficient (Wildman–Crippen LogP) is 3.91. The lowest BCUT2D eigenvalue weighted by atomic mass is 10.2. The molecule has 0 fully saturated rings. The van der Waals surface area contributed by atoms with Gasteiger partial charge in [-0.15, -0.1) is 0 Å². The van der Waals surface area contributed by atoms with Crippen LogP contribution in [0.3, 0.4) is 0 Å². The Morgan fingerprint density at radius 3 is 2.88 bits per heavy atom. The van der Waals surface area contributed by atoms with Gasteiger partial charge in [0.15, 0.2) is 0 Å². The van der Waals surface area contributed by atoms with Crippen LogP contribution in [0.1, 0.15) is 17.5 Å². The summed E-state index contributed by atoms with van der Waals surface area (Å²) >= 11 is 9.55. The highest BCUT2D eigenvalue weighted by Gasteiger charge is 2.02. The van der Waals surface area contributed by atoms with E-state index in [1.165, 1.54) is 5.56 Å². The summed E-state index contributed by atoms with van der Waals surface area (Å²) in [5.74, 6) is 0. The second-order valence-electron chi connectivity index (χ2n) is 3.93. The molecule has 0 aliphatic heterocycles. The Bertz CT molecular complexity index is 482. The van der Waals surface area contributed by atoms with E-state index in [1.807, 2.05) is 35.1 Å². The lowest BCUT2D eigenvalue weighted by Gasteiger charge is -2.03. The minimum Gasteiger partial charge on any atom is -0.268 e. The number of hydrogen-bond donors (Lipinski definition) is 0. The number of halogens is 2. The average molecular weight is 314 g/mol. The number of aromatic nitrogens is 2. The third kappa shape index (κ3) is 3.58. The Hall–Kier alpha value is -0.800. The fourth-order valence-corrected chi connectivity index (χ4v) is 2.17. The molecule has 4 heteroatoms. The Morgan fingerprint density at radius 1 is 1.29 bits per heavy atom. The predicted molar refractivity (Wildman–Crippen MR) is 74.9 cm³/mol. The van der Waals surface area contributed by atoms with Crippen LogP contribution in [0.2, 0.25) is 5.02 Å². The summed E-state index contributed by atoms with van der Waals surface area (Å²) in [6.45, 7) is 0.730. The molecular weight excluding hydrogens is 300 g/mol. The maximum atomic E-state index is 6.12. The summed E-state index contributed by atoms with van der Waals surface area (Å²) in [7, 11) is 0. The number of benzene rings is 1. The van der Waals surface area contributed by atoms with Crippen molar-refractivity contribution in [3.8, 4) is 0 Å². The molecular formula is C13H14BrClN2. The fraction of sp³-hybridized carbons (Fsp3) is 0.308. The van der Waals surface area contributed by atoms with Gasteiger partial charge in [0.05, 0.1) is 12.7 Å². The van der Waals surface area contributed by atoms with Crippen LogP contribution in [0.5, 0.6) is 0 Å². The first-order valence-corrected chi connectivity index (χ1v) is 7.10. The van der Waals surface area contributed by atoms with Gasteiger partial charge in [0, 0.05) is 16.5 Å². The van der Waals surface area contributed by atoms with Crippen molar-refractivity contribution in [3.63, 3.8) is 0 Å². The van der Waals surface area contributed by atoms with Gasteiger partial charge in [0.2, 0.25) is 0 Å². The van der Waals surface area contributed by atoms with E-state index in [-0.39, 0.29) is 0 Å². The highest BCUT2D eigenvalue weighted by molar-refractivity contribution is 9.09. The number of rotatable bonds is 5. The van der Waals surface area contributed by atoms with Gasteiger partial charge in [-0.25, -0.2) is 0 Å². The minimum absolute atomic E-state index is 0.730. The molecule has 2 nitrogen and oxygen atoms in total. The largest absolute Gasteiger partial charge is 0.268 e. The quantitative estimate of drug-likeness (QED) is 0.765. The maximum absolute atomic E-state index is 6.12. The number of aryl methyl sites for hydroxylation is 1. The monoisotopic (exact) mass is 312 g/mol. The first kappa shape index (κ1) is 12.7. The highest BCUT2D eigenvalue weighted by atomic mass is 79.9. The van der Waals surface area contributed by atoms with Crippen LogP contribution in [-0.2, 0) is 13.0 Å². The van der Waals surface area contributed by atoms with Crippen molar-refractivity contribution in [3.05, 3.63) is 52.8 Å². The van der Waals surface area contributed by atoms with Crippen LogP contribution in [0.15, 0.2) is 36.7 Å². The lowest BCUT2D eigenvalue weighted by Crippen LogP contribution is -2.00. The van der Waals surface area contributed by atoms with Gasteiger partial charge in [-0.1, -0.05) is 45.7 Å². The van der Waals surface area contributed by atoms with E-state index < -0.39 is 0 Å². The first-order valence-electron chi connectivity index (χ1n) is 5.60. The van der Waals surface area contributed by atoms with Gasteiger partial charge in [-0.3, -0.25) is 4.68 Å². The highest BCUT2D eigenvalue weighted by Crippen LogP contribution is 2.16. The molecule has 0 spiro atoms. The van der Waals surface area contributed by atoms with Crippen molar-refractivity contribution in [1.82, 2.24) is 9.78 Å². The van der Waals surface area contributed by atoms with Crippen molar-refractivity contribution >= 4 is 27.5 Å². The molecule has 17 heavy (non-hydrogen) atoms. The molecule has 0 saturated heterocycles. The number of hydrogen-bond acceptors (Lipinski definition) is 1. The molecule has 2 aromatic rings. The van der Waals surface area contributed by atoms with E-state index in [2.05, 4.69) is 27.2 Å². The molecule has 0 amide bonds. The summed E-state index contributed by atoms with van der Waals surface area (Å²) in [5.41, 5.74) is 2.38. The van der Waals surface area contributed by atoms with Crippen LogP contribution in [0, 0.1) is 0 Å². The fourth-order valence-electron chi connectivity index (χ4n) is 1.69. The third-order valence-corrected chi connectivity index (χ3v) is 3.51. The first-order chi connectivity index (χ1) is 8.29. The van der Waals surface area contributed by atoms with E-state index in [4.69, 9.17) is 11.6 Å². The van der Waals surface area contributed by atoms with Crippen molar-refractivity contribution < 1.29 is 0 Å². The van der Waals surface area contributed by atoms with Gasteiger partial charge in [0.25, 0.3) is 0 Å². The summed E-state index contributed by atoms with van der Waals surface area (Å²) < 4.78 is 1.94. The molecule has 2 rings (SSSR count). The Kier molecular flexibility index (Phi) is 4.63. The maximum Gasteiger partial charge on any atom is 0.0673 e. The molecule has 0 unspecified atom stereocenters. The summed E-state index contributed by atoms with van der Waals surface area (Å²) in [6, 6.07) is 7.88. The zero-order valence-electron chi connectivity index (χ0n) is 9.44. The van der Waals surface area contributed by atoms with Crippen LogP contribution >= 0.6 is 27.5 Å². The van der Waals surface area contributed by atoms with Crippen LogP contribution in [-0.4, -0.2) is 15.1 Å². The molecule has 0 aliphatic rings. The van der Waals surface area contributed by atoms with Crippen molar-refractivity contribution in [2.75, 3.05) is 5.33 Å². The van der Waals surface area contributed by atoms with Crippen LogP contribution < -0.4 is 0 Å². The molecule has 0 bridgehead atoms. The van der Waals surface area contributed by atoms with Gasteiger partial charge in [0.1, 0.15) is 0 Å². The van der Waals surface area contributed by atoms with Gasteiger partial charge in [-0.05, 0) is 30.0 Å². The van der Waals surface area contributed by atoms with Crippen LogP contribution in [0.4, 0.5) is 0 Å². The van der Waals surface area contributed by atoms with E-state index in [0.29, 0.717) is 0 Å². The molecule has 0 N–H and O–H groups in total. The SMILES string of the molecule is Clc1ccccc1Cn1cc(CCCBr)cn1.